The van der Waals surface area contributed by atoms with Crippen molar-refractivity contribution in [1.82, 2.24) is 0 Å². The fraction of sp³-hybridized carbons (Fsp3) is 0.214. The van der Waals surface area contributed by atoms with E-state index in [9.17, 15) is 9.18 Å². The third-order valence-electron chi connectivity index (χ3n) is 2.69. The highest BCUT2D eigenvalue weighted by atomic mass is 32.1. The maximum Gasteiger partial charge on any atom is 0.182 e. The summed E-state index contributed by atoms with van der Waals surface area (Å²) < 4.78 is 18.0. The minimum atomic E-state index is -0.380. The Balaban J connectivity index is 2.28. The van der Waals surface area contributed by atoms with Gasteiger partial charge in [-0.25, -0.2) is 4.39 Å². The van der Waals surface area contributed by atoms with Gasteiger partial charge < -0.3 is 4.74 Å². The van der Waals surface area contributed by atoms with Crippen LogP contribution in [0.15, 0.2) is 41.8 Å². The van der Waals surface area contributed by atoms with Gasteiger partial charge in [0.2, 0.25) is 0 Å². The molecular weight excluding hydrogens is 251 g/mol. The minimum absolute atomic E-state index is 0.0125. The first-order valence-corrected chi connectivity index (χ1v) is 6.42. The predicted octanol–water partition coefficient (Wildman–Crippen LogP) is 3.50. The Labute approximate surface area is 109 Å². The number of halogens is 1. The Kier molecular flexibility index (Phi) is 4.23. The van der Waals surface area contributed by atoms with E-state index in [-0.39, 0.29) is 17.5 Å². The molecule has 1 aromatic carbocycles. The van der Waals surface area contributed by atoms with Gasteiger partial charge in [-0.05, 0) is 29.1 Å². The minimum Gasteiger partial charge on any atom is -0.384 e. The zero-order valence-corrected chi connectivity index (χ0v) is 10.7. The maximum atomic E-state index is 12.9. The number of Topliss-reactive ketones (excluding diaryl/α,β-unsaturated/α-hetero) is 1. The molecule has 0 fully saturated rings. The largest absolute Gasteiger partial charge is 0.384 e. The van der Waals surface area contributed by atoms with Crippen molar-refractivity contribution in [3.8, 4) is 0 Å². The van der Waals surface area contributed by atoms with Crippen LogP contribution >= 0.6 is 11.3 Å². The summed E-state index contributed by atoms with van der Waals surface area (Å²) in [5.74, 6) is -0.675. The van der Waals surface area contributed by atoms with Gasteiger partial charge in [0, 0.05) is 7.11 Å². The monoisotopic (exact) mass is 264 g/mol. The van der Waals surface area contributed by atoms with Crippen LogP contribution in [0.2, 0.25) is 0 Å². The third-order valence-corrected chi connectivity index (χ3v) is 3.57. The van der Waals surface area contributed by atoms with Gasteiger partial charge in [0.15, 0.2) is 5.78 Å². The molecule has 1 heterocycles. The van der Waals surface area contributed by atoms with Gasteiger partial charge >= 0.3 is 0 Å². The van der Waals surface area contributed by atoms with Gasteiger partial charge in [-0.2, -0.15) is 0 Å². The lowest BCUT2D eigenvalue weighted by Gasteiger charge is -2.14. The van der Waals surface area contributed by atoms with Crippen LogP contribution < -0.4 is 0 Å². The maximum absolute atomic E-state index is 12.9. The highest BCUT2D eigenvalue weighted by Gasteiger charge is 2.22. The molecule has 1 atom stereocenters. The summed E-state index contributed by atoms with van der Waals surface area (Å²) in [6, 6.07) is 9.61. The average molecular weight is 264 g/mol. The lowest BCUT2D eigenvalue weighted by Crippen LogP contribution is -2.17. The standard InChI is InChI=1S/C14H13FO2S/c1-17-9-12(10-4-6-11(15)7-5-10)14(16)13-3-2-8-18-13/h2-8,12H,9H2,1H3. The van der Waals surface area contributed by atoms with E-state index in [0.29, 0.717) is 11.5 Å². The smallest absolute Gasteiger partial charge is 0.182 e. The Morgan fingerprint density at radius 2 is 2.06 bits per heavy atom. The Morgan fingerprint density at radius 1 is 1.33 bits per heavy atom. The molecule has 18 heavy (non-hydrogen) atoms. The lowest BCUT2D eigenvalue weighted by molar-refractivity contribution is 0.0892. The average Bonchev–Trinajstić information content (AvgIpc) is 2.90. The molecule has 0 N–H and O–H groups in total. The topological polar surface area (TPSA) is 26.3 Å². The van der Waals surface area contributed by atoms with Crippen LogP contribution in [0.1, 0.15) is 21.2 Å². The molecule has 94 valence electrons. The molecule has 4 heteroatoms. The summed E-state index contributed by atoms with van der Waals surface area (Å²) in [6.45, 7) is 0.294. The molecule has 1 aromatic heterocycles. The van der Waals surface area contributed by atoms with E-state index < -0.39 is 0 Å². The first-order chi connectivity index (χ1) is 8.72. The number of rotatable bonds is 5. The highest BCUT2D eigenvalue weighted by molar-refractivity contribution is 7.12. The SMILES string of the molecule is COCC(C(=O)c1cccs1)c1ccc(F)cc1. The van der Waals surface area contributed by atoms with Crippen LogP contribution in [0, 0.1) is 5.82 Å². The zero-order chi connectivity index (χ0) is 13.0. The van der Waals surface area contributed by atoms with Crippen LogP contribution in [0.4, 0.5) is 4.39 Å². The number of thiophene rings is 1. The van der Waals surface area contributed by atoms with Crippen LogP contribution in [-0.2, 0) is 4.74 Å². The lowest BCUT2D eigenvalue weighted by atomic mass is 9.94. The second-order valence-electron chi connectivity index (χ2n) is 3.90. The molecule has 1 unspecified atom stereocenters. The summed E-state index contributed by atoms with van der Waals surface area (Å²) in [5, 5.41) is 1.86. The summed E-state index contributed by atoms with van der Waals surface area (Å²) in [5.41, 5.74) is 0.775. The first-order valence-electron chi connectivity index (χ1n) is 5.54. The Bertz CT molecular complexity index is 505. The molecule has 0 spiro atoms. The van der Waals surface area contributed by atoms with Crippen molar-refractivity contribution < 1.29 is 13.9 Å². The van der Waals surface area contributed by atoms with Gasteiger partial charge in [0.1, 0.15) is 5.82 Å². The van der Waals surface area contributed by atoms with Gasteiger partial charge in [-0.3, -0.25) is 4.79 Å². The van der Waals surface area contributed by atoms with Crippen molar-refractivity contribution in [2.24, 2.45) is 0 Å². The van der Waals surface area contributed by atoms with Crippen molar-refractivity contribution in [3.05, 3.63) is 58.0 Å². The molecule has 0 saturated carbocycles. The second-order valence-corrected chi connectivity index (χ2v) is 4.85. The first kappa shape index (κ1) is 12.9. The van der Waals surface area contributed by atoms with E-state index in [1.165, 1.54) is 23.5 Å². The third kappa shape index (κ3) is 2.83. The van der Waals surface area contributed by atoms with Crippen molar-refractivity contribution >= 4 is 17.1 Å². The second kappa shape index (κ2) is 5.89. The molecule has 0 aliphatic carbocycles. The van der Waals surface area contributed by atoms with Gasteiger partial charge in [-0.15, -0.1) is 11.3 Å². The normalized spacial score (nSPS) is 12.3. The van der Waals surface area contributed by atoms with E-state index in [4.69, 9.17) is 4.74 Å². The van der Waals surface area contributed by atoms with Crippen molar-refractivity contribution in [3.63, 3.8) is 0 Å². The number of benzene rings is 1. The van der Waals surface area contributed by atoms with Crippen molar-refractivity contribution in [2.75, 3.05) is 13.7 Å². The van der Waals surface area contributed by atoms with Crippen LogP contribution in [0.3, 0.4) is 0 Å². The summed E-state index contributed by atoms with van der Waals surface area (Å²) in [6.07, 6.45) is 0. The van der Waals surface area contributed by atoms with E-state index >= 15 is 0 Å². The molecule has 2 aromatic rings. The molecule has 0 aliphatic rings. The fourth-order valence-corrected chi connectivity index (χ4v) is 2.49. The van der Waals surface area contributed by atoms with Crippen LogP contribution in [0.25, 0.3) is 0 Å². The van der Waals surface area contributed by atoms with E-state index in [0.717, 1.165) is 5.56 Å². The molecule has 0 saturated heterocycles. The molecule has 2 nitrogen and oxygen atoms in total. The number of hydrogen-bond donors (Lipinski definition) is 0. The number of methoxy groups -OCH3 is 1. The number of hydrogen-bond acceptors (Lipinski definition) is 3. The summed E-state index contributed by atoms with van der Waals surface area (Å²) in [7, 11) is 1.55. The Morgan fingerprint density at radius 3 is 2.61 bits per heavy atom. The van der Waals surface area contributed by atoms with Crippen LogP contribution in [0.5, 0.6) is 0 Å². The van der Waals surface area contributed by atoms with Gasteiger partial charge in [0.05, 0.1) is 17.4 Å². The van der Waals surface area contributed by atoms with Crippen LogP contribution in [-0.4, -0.2) is 19.5 Å². The number of carbonyl (C=O) groups excluding carboxylic acids is 1. The van der Waals surface area contributed by atoms with E-state index in [2.05, 4.69) is 0 Å². The molecular formula is C14H13FO2S. The molecule has 0 aliphatic heterocycles. The number of carbonyl (C=O) groups is 1. The van der Waals surface area contributed by atoms with E-state index in [1.54, 1.807) is 25.3 Å². The van der Waals surface area contributed by atoms with Gasteiger partial charge in [0.25, 0.3) is 0 Å². The Hall–Kier alpha value is -1.52. The van der Waals surface area contributed by atoms with Crippen molar-refractivity contribution in [2.45, 2.75) is 5.92 Å². The fourth-order valence-electron chi connectivity index (χ4n) is 1.78. The summed E-state index contributed by atoms with van der Waals surface area (Å²) in [4.78, 5) is 13.0. The highest BCUT2D eigenvalue weighted by Crippen LogP contribution is 2.24. The molecule has 0 radical (unpaired) electrons. The summed E-state index contributed by atoms with van der Waals surface area (Å²) >= 11 is 1.40. The zero-order valence-electron chi connectivity index (χ0n) is 9.93. The predicted molar refractivity (Wildman–Crippen MR) is 69.7 cm³/mol. The molecule has 2 rings (SSSR count). The quantitative estimate of drug-likeness (QED) is 0.773. The van der Waals surface area contributed by atoms with Crippen molar-refractivity contribution in [1.29, 1.82) is 0 Å². The van der Waals surface area contributed by atoms with E-state index in [1.807, 2.05) is 11.4 Å². The number of ketones is 1. The molecule has 0 amide bonds. The number of ether oxygens (including phenoxy) is 1. The van der Waals surface area contributed by atoms with Gasteiger partial charge in [-0.1, -0.05) is 18.2 Å². The molecule has 0 bridgehead atoms.